The number of hydrogen-bond acceptors (Lipinski definition) is 0. The summed E-state index contributed by atoms with van der Waals surface area (Å²) < 4.78 is 0. The third-order valence-electron chi connectivity index (χ3n) is 7.71. The predicted octanol–water partition coefficient (Wildman–Crippen LogP) is 7.66. The lowest BCUT2D eigenvalue weighted by molar-refractivity contribution is 0.412. The molecule has 0 bridgehead atoms. The Labute approximate surface area is 140 Å². The van der Waals surface area contributed by atoms with E-state index in [1.807, 2.05) is 0 Å². The summed E-state index contributed by atoms with van der Waals surface area (Å²) in [5.41, 5.74) is 3.57. The molecule has 0 amide bonds. The Morgan fingerprint density at radius 1 is 0.545 bits per heavy atom. The largest absolute Gasteiger partial charge is 0.0629 e. The zero-order valence-electron chi connectivity index (χ0n) is 15.0. The van der Waals surface area contributed by atoms with Gasteiger partial charge in [-0.3, -0.25) is 0 Å². The Bertz CT molecular complexity index is 260. The Hall–Kier alpha value is 0.217. The molecule has 0 atom stereocenters. The molecule has 0 heterocycles. The maximum atomic E-state index is 4.39. The van der Waals surface area contributed by atoms with Crippen LogP contribution in [0, 0.1) is 6.92 Å². The van der Waals surface area contributed by atoms with Crippen LogP contribution < -0.4 is 0 Å². The smallest absolute Gasteiger partial charge is 0.0565 e. The molecule has 0 unspecified atom stereocenters. The minimum absolute atomic E-state index is 1.16. The summed E-state index contributed by atoms with van der Waals surface area (Å²) in [6.07, 6.45) is 24.8. The highest BCUT2D eigenvalue weighted by Crippen LogP contribution is 2.58. The van der Waals surface area contributed by atoms with Gasteiger partial charge in [-0.2, -0.15) is 0 Å². The van der Waals surface area contributed by atoms with Gasteiger partial charge in [-0.1, -0.05) is 116 Å². The van der Waals surface area contributed by atoms with Gasteiger partial charge in [0.05, 0.1) is 8.07 Å². The Kier molecular flexibility index (Phi) is 6.48. The van der Waals surface area contributed by atoms with E-state index < -0.39 is 8.07 Å². The summed E-state index contributed by atoms with van der Waals surface area (Å²) in [7, 11) is -1.16. The van der Waals surface area contributed by atoms with Crippen LogP contribution in [0.3, 0.4) is 0 Å². The van der Waals surface area contributed by atoms with Crippen LogP contribution in [0.2, 0.25) is 22.7 Å². The van der Waals surface area contributed by atoms with Crippen molar-refractivity contribution in [2.24, 2.45) is 0 Å². The second-order valence-electron chi connectivity index (χ2n) is 8.72. The minimum atomic E-state index is -1.16. The molecular weight excluding hydrogens is 280 g/mol. The zero-order valence-corrected chi connectivity index (χ0v) is 16.0. The van der Waals surface area contributed by atoms with Crippen LogP contribution in [0.5, 0.6) is 0 Å². The van der Waals surface area contributed by atoms with Crippen molar-refractivity contribution < 1.29 is 0 Å². The normalized spacial score (nSPS) is 27.1. The van der Waals surface area contributed by atoms with Crippen molar-refractivity contribution in [3.05, 3.63) is 6.92 Å². The van der Waals surface area contributed by atoms with Crippen LogP contribution in [0.15, 0.2) is 0 Å². The van der Waals surface area contributed by atoms with E-state index in [4.69, 9.17) is 0 Å². The molecule has 3 saturated carbocycles. The van der Waals surface area contributed by atoms with E-state index in [0.717, 1.165) is 0 Å². The molecule has 3 rings (SSSR count). The van der Waals surface area contributed by atoms with Crippen LogP contribution >= 0.6 is 0 Å². The van der Waals surface area contributed by atoms with E-state index in [1.54, 1.807) is 83.1 Å². The molecule has 0 aromatic heterocycles. The van der Waals surface area contributed by atoms with Gasteiger partial charge in [0.1, 0.15) is 0 Å². The SMILES string of the molecule is [CH2]CC[Si](C1CCCCC1)(C1CCCCC1)C1CCCCC1. The lowest BCUT2D eigenvalue weighted by Gasteiger charge is -2.53. The van der Waals surface area contributed by atoms with Gasteiger partial charge >= 0.3 is 0 Å². The number of hydrogen-bond donors (Lipinski definition) is 0. The van der Waals surface area contributed by atoms with Crippen molar-refractivity contribution in [3.8, 4) is 0 Å². The molecule has 1 radical (unpaired) electrons. The second kappa shape index (κ2) is 8.35. The highest BCUT2D eigenvalue weighted by Gasteiger charge is 2.51. The molecule has 0 aromatic carbocycles. The average Bonchev–Trinajstić information content (AvgIpc) is 2.62. The Balaban J connectivity index is 1.88. The van der Waals surface area contributed by atoms with Gasteiger partial charge < -0.3 is 0 Å². The van der Waals surface area contributed by atoms with Gasteiger partial charge in [0.25, 0.3) is 0 Å². The molecule has 0 saturated heterocycles. The highest BCUT2D eigenvalue weighted by atomic mass is 28.3. The van der Waals surface area contributed by atoms with Crippen LogP contribution in [0.1, 0.15) is 103 Å². The summed E-state index contributed by atoms with van der Waals surface area (Å²) in [4.78, 5) is 0. The molecule has 0 N–H and O–H groups in total. The summed E-state index contributed by atoms with van der Waals surface area (Å²) in [5, 5.41) is 0. The lowest BCUT2D eigenvalue weighted by Crippen LogP contribution is -2.50. The fourth-order valence-corrected chi connectivity index (χ4v) is 15.1. The molecule has 127 valence electrons. The van der Waals surface area contributed by atoms with Crippen LogP contribution in [-0.4, -0.2) is 8.07 Å². The van der Waals surface area contributed by atoms with Gasteiger partial charge in [-0.05, 0) is 16.6 Å². The van der Waals surface area contributed by atoms with Crippen molar-refractivity contribution in [2.45, 2.75) is 125 Å². The van der Waals surface area contributed by atoms with Crippen molar-refractivity contribution in [2.75, 3.05) is 0 Å². The summed E-state index contributed by atoms with van der Waals surface area (Å²) in [6, 6.07) is 1.59. The van der Waals surface area contributed by atoms with Gasteiger partial charge in [0, 0.05) is 0 Å². The van der Waals surface area contributed by atoms with Gasteiger partial charge in [-0.15, -0.1) is 0 Å². The molecule has 0 aromatic rings. The molecule has 1 heteroatoms. The van der Waals surface area contributed by atoms with E-state index in [9.17, 15) is 0 Å². The summed E-state index contributed by atoms with van der Waals surface area (Å²) in [5.74, 6) is 0. The van der Waals surface area contributed by atoms with Gasteiger partial charge in [-0.25, -0.2) is 0 Å². The van der Waals surface area contributed by atoms with E-state index in [0.29, 0.717) is 0 Å². The molecule has 0 aliphatic heterocycles. The molecule has 0 nitrogen and oxygen atoms in total. The summed E-state index contributed by atoms with van der Waals surface area (Å²) in [6.45, 7) is 4.39. The molecule has 0 spiro atoms. The fourth-order valence-electron chi connectivity index (χ4n) is 6.84. The molecule has 22 heavy (non-hydrogen) atoms. The van der Waals surface area contributed by atoms with Crippen LogP contribution in [0.4, 0.5) is 0 Å². The van der Waals surface area contributed by atoms with E-state index in [-0.39, 0.29) is 0 Å². The Morgan fingerprint density at radius 3 is 1.14 bits per heavy atom. The quantitative estimate of drug-likeness (QED) is 0.456. The first-order valence-electron chi connectivity index (χ1n) is 10.7. The second-order valence-corrected chi connectivity index (χ2v) is 13.9. The van der Waals surface area contributed by atoms with Crippen molar-refractivity contribution in [3.63, 3.8) is 0 Å². The standard InChI is InChI=1S/C21H39Si/c1-2-18-22(19-12-6-3-7-13-19,20-14-8-4-9-15-20)21-16-10-5-11-17-21/h19-21H,1-18H2. The van der Waals surface area contributed by atoms with Gasteiger partial charge in [0.15, 0.2) is 0 Å². The third-order valence-corrected chi connectivity index (χ3v) is 15.2. The molecule has 3 aliphatic rings. The van der Waals surface area contributed by atoms with Crippen molar-refractivity contribution >= 4 is 8.07 Å². The zero-order chi connectivity index (χ0) is 15.3. The minimum Gasteiger partial charge on any atom is -0.0565 e. The van der Waals surface area contributed by atoms with Crippen LogP contribution in [0.25, 0.3) is 0 Å². The maximum Gasteiger partial charge on any atom is 0.0629 e. The third kappa shape index (κ3) is 3.50. The Morgan fingerprint density at radius 2 is 0.864 bits per heavy atom. The number of rotatable bonds is 5. The van der Waals surface area contributed by atoms with Gasteiger partial charge in [0.2, 0.25) is 0 Å². The lowest BCUT2D eigenvalue weighted by atomic mass is 9.98. The monoisotopic (exact) mass is 319 g/mol. The predicted molar refractivity (Wildman–Crippen MR) is 101 cm³/mol. The van der Waals surface area contributed by atoms with Crippen molar-refractivity contribution in [1.82, 2.24) is 0 Å². The van der Waals surface area contributed by atoms with Crippen molar-refractivity contribution in [1.29, 1.82) is 0 Å². The van der Waals surface area contributed by atoms with E-state index >= 15 is 0 Å². The van der Waals surface area contributed by atoms with Crippen LogP contribution in [-0.2, 0) is 0 Å². The fraction of sp³-hybridized carbons (Fsp3) is 0.952. The average molecular weight is 320 g/mol. The van der Waals surface area contributed by atoms with E-state index in [1.165, 1.54) is 42.3 Å². The topological polar surface area (TPSA) is 0 Å². The first kappa shape index (κ1) is 17.1. The first-order valence-corrected chi connectivity index (χ1v) is 13.1. The maximum absolute atomic E-state index is 4.39. The first-order chi connectivity index (χ1) is 10.9. The highest BCUT2D eigenvalue weighted by molar-refractivity contribution is 6.84. The molecule has 3 fully saturated rings. The molecule has 3 aliphatic carbocycles. The summed E-state index contributed by atoms with van der Waals surface area (Å²) >= 11 is 0. The molecular formula is C21H39Si. The van der Waals surface area contributed by atoms with E-state index in [2.05, 4.69) is 6.92 Å².